The molecule has 1 heterocycles. The van der Waals surface area contributed by atoms with Crippen molar-refractivity contribution in [1.29, 1.82) is 0 Å². The molecule has 3 rings (SSSR count). The van der Waals surface area contributed by atoms with Crippen molar-refractivity contribution in [1.82, 2.24) is 5.32 Å². The fraction of sp³-hybridized carbons (Fsp3) is 0.176. The van der Waals surface area contributed by atoms with Gasteiger partial charge in [0.05, 0.1) is 5.69 Å². The minimum atomic E-state index is -1.71. The topological polar surface area (TPSA) is 67.4 Å². The van der Waals surface area contributed by atoms with Crippen LogP contribution < -0.4 is 15.4 Å². The van der Waals surface area contributed by atoms with Crippen molar-refractivity contribution in [2.75, 3.05) is 5.32 Å². The van der Waals surface area contributed by atoms with E-state index in [0.29, 0.717) is 22.0 Å². The third kappa shape index (κ3) is 3.05. The van der Waals surface area contributed by atoms with Crippen LogP contribution in [0, 0.1) is 5.82 Å². The van der Waals surface area contributed by atoms with E-state index in [9.17, 15) is 14.0 Å². The molecule has 0 bridgehead atoms. The number of ether oxygens (including phenoxy) is 1. The molecule has 0 aromatic heterocycles. The summed E-state index contributed by atoms with van der Waals surface area (Å²) in [7, 11) is 0. The SMILES string of the molecule is CC1(C(=O)NCc2ccc(F)cc2)Oc2ccc(Cl)cc2NC1=O. The Kier molecular flexibility index (Phi) is 4.15. The van der Waals surface area contributed by atoms with Gasteiger partial charge in [-0.15, -0.1) is 0 Å². The van der Waals surface area contributed by atoms with Crippen LogP contribution in [0.1, 0.15) is 12.5 Å². The van der Waals surface area contributed by atoms with Gasteiger partial charge in [-0.3, -0.25) is 9.59 Å². The van der Waals surface area contributed by atoms with Crippen molar-refractivity contribution in [2.45, 2.75) is 19.1 Å². The van der Waals surface area contributed by atoms with E-state index in [1.807, 2.05) is 0 Å². The number of hydrogen-bond acceptors (Lipinski definition) is 3. The smallest absolute Gasteiger partial charge is 0.278 e. The minimum Gasteiger partial charge on any atom is -0.466 e. The van der Waals surface area contributed by atoms with E-state index < -0.39 is 17.4 Å². The van der Waals surface area contributed by atoms with Gasteiger partial charge in [-0.25, -0.2) is 4.39 Å². The summed E-state index contributed by atoms with van der Waals surface area (Å²) in [5, 5.41) is 5.69. The number of benzene rings is 2. The number of anilines is 1. The summed E-state index contributed by atoms with van der Waals surface area (Å²) in [4.78, 5) is 24.7. The fourth-order valence-electron chi connectivity index (χ4n) is 2.30. The van der Waals surface area contributed by atoms with Crippen LogP contribution in [0.4, 0.5) is 10.1 Å². The van der Waals surface area contributed by atoms with E-state index in [4.69, 9.17) is 16.3 Å². The zero-order chi connectivity index (χ0) is 17.3. The van der Waals surface area contributed by atoms with Crippen LogP contribution in [0.15, 0.2) is 42.5 Å². The molecule has 0 aliphatic carbocycles. The number of hydrogen-bond donors (Lipinski definition) is 2. The minimum absolute atomic E-state index is 0.152. The predicted molar refractivity (Wildman–Crippen MR) is 87.4 cm³/mol. The lowest BCUT2D eigenvalue weighted by Crippen LogP contribution is -2.58. The molecule has 0 fully saturated rings. The second-order valence-corrected chi connectivity index (χ2v) is 5.98. The number of carbonyl (C=O) groups is 2. The highest BCUT2D eigenvalue weighted by Crippen LogP contribution is 2.35. The third-order valence-corrected chi connectivity index (χ3v) is 3.97. The number of carbonyl (C=O) groups excluding carboxylic acids is 2. The molecule has 5 nitrogen and oxygen atoms in total. The van der Waals surface area contributed by atoms with Gasteiger partial charge < -0.3 is 15.4 Å². The second kappa shape index (κ2) is 6.13. The first-order valence-corrected chi connectivity index (χ1v) is 7.59. The van der Waals surface area contributed by atoms with Crippen molar-refractivity contribution >= 4 is 29.1 Å². The molecule has 124 valence electrons. The number of rotatable bonds is 3. The zero-order valence-electron chi connectivity index (χ0n) is 12.7. The van der Waals surface area contributed by atoms with Crippen molar-refractivity contribution < 1.29 is 18.7 Å². The van der Waals surface area contributed by atoms with Crippen LogP contribution in [0.25, 0.3) is 0 Å². The van der Waals surface area contributed by atoms with Gasteiger partial charge in [0.25, 0.3) is 17.4 Å². The summed E-state index contributed by atoms with van der Waals surface area (Å²) in [5.41, 5.74) is -0.589. The van der Waals surface area contributed by atoms with Gasteiger partial charge in [0.2, 0.25) is 0 Å². The Balaban J connectivity index is 1.74. The number of fused-ring (bicyclic) bond motifs is 1. The molecule has 2 aromatic carbocycles. The summed E-state index contributed by atoms with van der Waals surface area (Å²) in [5.74, 6) is -1.18. The number of amides is 2. The zero-order valence-corrected chi connectivity index (χ0v) is 13.5. The van der Waals surface area contributed by atoms with Crippen LogP contribution in [-0.4, -0.2) is 17.4 Å². The maximum atomic E-state index is 12.9. The lowest BCUT2D eigenvalue weighted by Gasteiger charge is -2.33. The summed E-state index contributed by atoms with van der Waals surface area (Å²) in [6, 6.07) is 10.4. The predicted octanol–water partition coefficient (Wildman–Crippen LogP) is 2.89. The van der Waals surface area contributed by atoms with E-state index in [1.165, 1.54) is 19.1 Å². The monoisotopic (exact) mass is 348 g/mol. The molecule has 2 aromatic rings. The van der Waals surface area contributed by atoms with Gasteiger partial charge in [-0.1, -0.05) is 23.7 Å². The lowest BCUT2D eigenvalue weighted by molar-refractivity contribution is -0.146. The van der Waals surface area contributed by atoms with Crippen molar-refractivity contribution in [3.05, 3.63) is 58.9 Å². The summed E-state index contributed by atoms with van der Waals surface area (Å²) in [6.07, 6.45) is 0. The van der Waals surface area contributed by atoms with Gasteiger partial charge in [-0.05, 0) is 42.8 Å². The first-order valence-electron chi connectivity index (χ1n) is 7.21. The van der Waals surface area contributed by atoms with Crippen LogP contribution in [0.5, 0.6) is 5.75 Å². The summed E-state index contributed by atoms with van der Waals surface area (Å²) in [6.45, 7) is 1.54. The van der Waals surface area contributed by atoms with Crippen molar-refractivity contribution in [3.8, 4) is 5.75 Å². The Hall–Kier alpha value is -2.60. The van der Waals surface area contributed by atoms with Crippen molar-refractivity contribution in [2.24, 2.45) is 0 Å². The van der Waals surface area contributed by atoms with Gasteiger partial charge in [-0.2, -0.15) is 0 Å². The number of halogens is 2. The van der Waals surface area contributed by atoms with Gasteiger partial charge in [0.15, 0.2) is 0 Å². The molecule has 0 saturated heterocycles. The van der Waals surface area contributed by atoms with E-state index in [2.05, 4.69) is 10.6 Å². The Morgan fingerprint density at radius 3 is 2.71 bits per heavy atom. The van der Waals surface area contributed by atoms with E-state index in [0.717, 1.165) is 0 Å². The highest BCUT2D eigenvalue weighted by molar-refractivity contribution is 6.31. The normalized spacial score (nSPS) is 19.0. The number of nitrogens with one attached hydrogen (secondary N) is 2. The molecule has 0 radical (unpaired) electrons. The maximum absolute atomic E-state index is 12.9. The highest BCUT2D eigenvalue weighted by Gasteiger charge is 2.47. The Labute approximate surface area is 142 Å². The molecule has 1 aliphatic rings. The molecule has 24 heavy (non-hydrogen) atoms. The van der Waals surface area contributed by atoms with Gasteiger partial charge >= 0.3 is 0 Å². The fourth-order valence-corrected chi connectivity index (χ4v) is 2.47. The standard InChI is InChI=1S/C17H14ClFN2O3/c1-17(15(22)20-9-10-2-5-12(19)6-3-10)16(23)21-13-8-11(18)4-7-14(13)24-17/h2-8H,9H2,1H3,(H,20,22)(H,21,23). The Morgan fingerprint density at radius 1 is 1.29 bits per heavy atom. The maximum Gasteiger partial charge on any atom is 0.278 e. The van der Waals surface area contributed by atoms with Crippen LogP contribution in [0.2, 0.25) is 5.02 Å². The largest absolute Gasteiger partial charge is 0.466 e. The molecule has 7 heteroatoms. The van der Waals surface area contributed by atoms with Crippen LogP contribution in [-0.2, 0) is 16.1 Å². The molecule has 1 unspecified atom stereocenters. The first-order chi connectivity index (χ1) is 11.4. The molecule has 0 spiro atoms. The summed E-state index contributed by atoms with van der Waals surface area (Å²) >= 11 is 5.87. The lowest BCUT2D eigenvalue weighted by atomic mass is 10.0. The Morgan fingerprint density at radius 2 is 2.00 bits per heavy atom. The molecule has 2 amide bonds. The molecular formula is C17H14ClFN2O3. The molecule has 0 saturated carbocycles. The molecule has 1 aliphatic heterocycles. The third-order valence-electron chi connectivity index (χ3n) is 3.74. The molecular weight excluding hydrogens is 335 g/mol. The summed E-state index contributed by atoms with van der Waals surface area (Å²) < 4.78 is 18.5. The van der Waals surface area contributed by atoms with Crippen molar-refractivity contribution in [3.63, 3.8) is 0 Å². The van der Waals surface area contributed by atoms with Crippen LogP contribution >= 0.6 is 11.6 Å². The van der Waals surface area contributed by atoms with Gasteiger partial charge in [0.1, 0.15) is 11.6 Å². The Bertz CT molecular complexity index is 810. The average molecular weight is 349 g/mol. The van der Waals surface area contributed by atoms with Gasteiger partial charge in [0, 0.05) is 11.6 Å². The van der Waals surface area contributed by atoms with E-state index >= 15 is 0 Å². The van der Waals surface area contributed by atoms with Crippen LogP contribution in [0.3, 0.4) is 0 Å². The quantitative estimate of drug-likeness (QED) is 0.838. The molecule has 2 N–H and O–H groups in total. The van der Waals surface area contributed by atoms with E-state index in [1.54, 1.807) is 30.3 Å². The first kappa shape index (κ1) is 16.3. The molecule has 1 atom stereocenters. The average Bonchev–Trinajstić information content (AvgIpc) is 2.55. The van der Waals surface area contributed by atoms with E-state index in [-0.39, 0.29) is 12.4 Å². The second-order valence-electron chi connectivity index (χ2n) is 5.54. The highest BCUT2D eigenvalue weighted by atomic mass is 35.5.